The second-order valence-corrected chi connectivity index (χ2v) is 3.51. The highest BCUT2D eigenvalue weighted by Crippen LogP contribution is 2.24. The first-order chi connectivity index (χ1) is 5.34. The maximum absolute atomic E-state index is 5.75. The van der Waals surface area contributed by atoms with Crippen LogP contribution in [0.1, 0.15) is 6.92 Å². The minimum Gasteiger partial charge on any atom is -0.340 e. The molecule has 0 saturated heterocycles. The highest BCUT2D eigenvalue weighted by molar-refractivity contribution is 7.58. The van der Waals surface area contributed by atoms with Crippen LogP contribution in [-0.2, 0) is 4.52 Å². The Bertz CT molecular complexity index is 203. The van der Waals surface area contributed by atoms with Gasteiger partial charge in [-0.05, 0) is 6.92 Å². The van der Waals surface area contributed by atoms with E-state index in [4.69, 9.17) is 10.0 Å². The van der Waals surface area contributed by atoms with Crippen LogP contribution in [0.25, 0.3) is 0 Å². The molecule has 0 heterocycles. The van der Waals surface area contributed by atoms with Crippen LogP contribution in [0.3, 0.4) is 0 Å². The second-order valence-electron chi connectivity index (χ2n) is 2.08. The smallest absolute Gasteiger partial charge is 0.131 e. The minimum atomic E-state index is -0.876. The quantitative estimate of drug-likeness (QED) is 0.698. The van der Waals surface area contributed by atoms with E-state index in [2.05, 4.69) is 0 Å². The zero-order valence-corrected chi connectivity index (χ0v) is 7.42. The van der Waals surface area contributed by atoms with E-state index in [0.717, 1.165) is 5.30 Å². The van der Waals surface area contributed by atoms with Crippen molar-refractivity contribution in [2.24, 2.45) is 5.50 Å². The summed E-state index contributed by atoms with van der Waals surface area (Å²) in [5, 5.41) is 1.09. The highest BCUT2D eigenvalue weighted by atomic mass is 31.2. The standard InChI is InChI=1S/C8H12NOP/c1-2-10-11(9)8-6-4-3-5-7-8/h3-7H,2,9H2,1H3. The Kier molecular flexibility index (Phi) is 3.50. The van der Waals surface area contributed by atoms with E-state index in [1.165, 1.54) is 0 Å². The summed E-state index contributed by atoms with van der Waals surface area (Å²) in [5.41, 5.74) is 5.75. The van der Waals surface area contributed by atoms with Gasteiger partial charge in [0.1, 0.15) is 8.30 Å². The third-order valence-electron chi connectivity index (χ3n) is 1.28. The summed E-state index contributed by atoms with van der Waals surface area (Å²) in [7, 11) is -0.876. The van der Waals surface area contributed by atoms with Crippen molar-refractivity contribution < 1.29 is 4.52 Å². The largest absolute Gasteiger partial charge is 0.340 e. The fraction of sp³-hybridized carbons (Fsp3) is 0.250. The number of hydrogen-bond acceptors (Lipinski definition) is 2. The lowest BCUT2D eigenvalue weighted by Gasteiger charge is -2.09. The van der Waals surface area contributed by atoms with E-state index in [-0.39, 0.29) is 0 Å². The third kappa shape index (κ3) is 2.58. The number of rotatable bonds is 3. The van der Waals surface area contributed by atoms with E-state index in [0.29, 0.717) is 6.61 Å². The van der Waals surface area contributed by atoms with Crippen LogP contribution >= 0.6 is 8.30 Å². The molecular weight excluding hydrogens is 157 g/mol. The summed E-state index contributed by atoms with van der Waals surface area (Å²) in [6, 6.07) is 9.88. The average molecular weight is 169 g/mol. The van der Waals surface area contributed by atoms with Crippen molar-refractivity contribution in [3.63, 3.8) is 0 Å². The summed E-state index contributed by atoms with van der Waals surface area (Å²) in [5.74, 6) is 0. The first kappa shape index (κ1) is 8.66. The molecule has 2 nitrogen and oxygen atoms in total. The molecule has 1 aromatic carbocycles. The molecule has 0 saturated carbocycles. The minimum absolute atomic E-state index is 0.678. The number of hydrogen-bond donors (Lipinski definition) is 1. The first-order valence-electron chi connectivity index (χ1n) is 3.57. The molecule has 1 aromatic rings. The zero-order chi connectivity index (χ0) is 8.10. The van der Waals surface area contributed by atoms with Crippen LogP contribution < -0.4 is 10.8 Å². The molecule has 11 heavy (non-hydrogen) atoms. The Labute approximate surface area is 68.3 Å². The molecule has 0 aliphatic rings. The molecule has 1 unspecified atom stereocenters. The Hall–Kier alpha value is -0.430. The molecule has 0 fully saturated rings. The van der Waals surface area contributed by atoms with Gasteiger partial charge in [-0.1, -0.05) is 30.3 Å². The summed E-state index contributed by atoms with van der Waals surface area (Å²) in [6.45, 7) is 2.63. The topological polar surface area (TPSA) is 35.2 Å². The van der Waals surface area contributed by atoms with Crippen molar-refractivity contribution in [2.75, 3.05) is 6.61 Å². The molecule has 0 aromatic heterocycles. The third-order valence-corrected chi connectivity index (χ3v) is 2.62. The van der Waals surface area contributed by atoms with Gasteiger partial charge in [-0.2, -0.15) is 0 Å². The lowest BCUT2D eigenvalue weighted by molar-refractivity contribution is 0.383. The summed E-state index contributed by atoms with van der Waals surface area (Å²) < 4.78 is 5.27. The lowest BCUT2D eigenvalue weighted by Crippen LogP contribution is -2.08. The van der Waals surface area contributed by atoms with Gasteiger partial charge in [-0.25, -0.2) is 0 Å². The zero-order valence-electron chi connectivity index (χ0n) is 6.53. The van der Waals surface area contributed by atoms with Crippen LogP contribution in [0.15, 0.2) is 30.3 Å². The van der Waals surface area contributed by atoms with Gasteiger partial charge >= 0.3 is 0 Å². The SMILES string of the molecule is CCOP(N)c1ccccc1. The van der Waals surface area contributed by atoms with E-state index >= 15 is 0 Å². The van der Waals surface area contributed by atoms with Gasteiger partial charge in [0.05, 0.1) is 0 Å². The molecule has 0 aliphatic carbocycles. The van der Waals surface area contributed by atoms with Gasteiger partial charge in [0.25, 0.3) is 0 Å². The molecule has 0 radical (unpaired) electrons. The van der Waals surface area contributed by atoms with Gasteiger partial charge in [0, 0.05) is 11.9 Å². The average Bonchev–Trinajstić information content (AvgIpc) is 2.07. The van der Waals surface area contributed by atoms with Crippen LogP contribution in [0.2, 0.25) is 0 Å². The normalized spacial score (nSPS) is 12.9. The molecular formula is C8H12NOP. The van der Waals surface area contributed by atoms with Crippen LogP contribution in [0.5, 0.6) is 0 Å². The molecule has 2 N–H and O–H groups in total. The van der Waals surface area contributed by atoms with Crippen molar-refractivity contribution in [3.8, 4) is 0 Å². The molecule has 0 aliphatic heterocycles. The monoisotopic (exact) mass is 169 g/mol. The van der Waals surface area contributed by atoms with Crippen molar-refractivity contribution in [1.29, 1.82) is 0 Å². The Morgan fingerprint density at radius 2 is 2.00 bits per heavy atom. The van der Waals surface area contributed by atoms with Gasteiger partial charge in [0.2, 0.25) is 0 Å². The number of benzene rings is 1. The van der Waals surface area contributed by atoms with Crippen LogP contribution in [-0.4, -0.2) is 6.61 Å². The van der Waals surface area contributed by atoms with Crippen LogP contribution in [0.4, 0.5) is 0 Å². The molecule has 0 bridgehead atoms. The van der Waals surface area contributed by atoms with Gasteiger partial charge in [0.15, 0.2) is 0 Å². The Balaban J connectivity index is 2.61. The molecule has 0 spiro atoms. The van der Waals surface area contributed by atoms with E-state index in [9.17, 15) is 0 Å². The molecule has 60 valence electrons. The molecule has 1 rings (SSSR count). The van der Waals surface area contributed by atoms with Crippen LogP contribution in [0, 0.1) is 0 Å². The summed E-state index contributed by atoms with van der Waals surface area (Å²) >= 11 is 0. The second kappa shape index (κ2) is 4.45. The highest BCUT2D eigenvalue weighted by Gasteiger charge is 2.02. The predicted octanol–water partition coefficient (Wildman–Crippen LogP) is 1.62. The maximum Gasteiger partial charge on any atom is 0.131 e. The fourth-order valence-corrected chi connectivity index (χ4v) is 1.68. The molecule has 3 heteroatoms. The Morgan fingerprint density at radius 1 is 1.36 bits per heavy atom. The van der Waals surface area contributed by atoms with Crippen molar-refractivity contribution in [1.82, 2.24) is 0 Å². The maximum atomic E-state index is 5.75. The van der Waals surface area contributed by atoms with E-state index < -0.39 is 8.30 Å². The summed E-state index contributed by atoms with van der Waals surface area (Å²) in [4.78, 5) is 0. The van der Waals surface area contributed by atoms with Crippen molar-refractivity contribution in [3.05, 3.63) is 30.3 Å². The number of nitrogens with two attached hydrogens (primary N) is 1. The lowest BCUT2D eigenvalue weighted by atomic mass is 10.4. The van der Waals surface area contributed by atoms with E-state index in [1.807, 2.05) is 37.3 Å². The fourth-order valence-electron chi connectivity index (χ4n) is 0.789. The van der Waals surface area contributed by atoms with Gasteiger partial charge < -0.3 is 4.52 Å². The Morgan fingerprint density at radius 3 is 2.55 bits per heavy atom. The predicted molar refractivity (Wildman–Crippen MR) is 48.8 cm³/mol. The van der Waals surface area contributed by atoms with Gasteiger partial charge in [-0.15, -0.1) is 0 Å². The molecule has 1 atom stereocenters. The molecule has 0 amide bonds. The van der Waals surface area contributed by atoms with E-state index in [1.54, 1.807) is 0 Å². The first-order valence-corrected chi connectivity index (χ1v) is 4.90. The van der Waals surface area contributed by atoms with Gasteiger partial charge in [-0.3, -0.25) is 5.50 Å². The van der Waals surface area contributed by atoms with Crippen molar-refractivity contribution >= 4 is 13.6 Å². The summed E-state index contributed by atoms with van der Waals surface area (Å²) in [6.07, 6.45) is 0. The van der Waals surface area contributed by atoms with Crippen molar-refractivity contribution in [2.45, 2.75) is 6.92 Å².